The summed E-state index contributed by atoms with van der Waals surface area (Å²) in [5.41, 5.74) is 1.36. The molecule has 1 aromatic heterocycles. The first-order chi connectivity index (χ1) is 17.4. The quantitative estimate of drug-likeness (QED) is 0.593. The van der Waals surface area contributed by atoms with Crippen molar-refractivity contribution in [1.29, 1.82) is 0 Å². The SMILES string of the molecule is Cc1ccc(C(=O)N2CCCC3(CC(C(=O)NCc4ccncc4)=NO3)C2)cc1F.O=C(O)C(F)(F)F. The molecule has 1 aromatic carbocycles. The molecule has 2 aromatic rings. The number of carbonyl (C=O) groups is 3. The summed E-state index contributed by atoms with van der Waals surface area (Å²) < 4.78 is 45.6. The smallest absolute Gasteiger partial charge is 0.475 e. The highest BCUT2D eigenvalue weighted by Gasteiger charge is 2.45. The molecule has 198 valence electrons. The van der Waals surface area contributed by atoms with Crippen molar-refractivity contribution in [3.05, 3.63) is 65.2 Å². The number of hydrogen-bond donors (Lipinski definition) is 2. The highest BCUT2D eigenvalue weighted by Crippen LogP contribution is 2.34. The van der Waals surface area contributed by atoms with E-state index in [1.807, 2.05) is 12.1 Å². The number of aliphatic carboxylic acids is 1. The van der Waals surface area contributed by atoms with Crippen LogP contribution in [-0.2, 0) is 21.0 Å². The average molecular weight is 524 g/mol. The molecule has 3 heterocycles. The number of aryl methyl sites for hydroxylation is 1. The van der Waals surface area contributed by atoms with Gasteiger partial charge in [-0.3, -0.25) is 14.6 Å². The van der Waals surface area contributed by atoms with Crippen LogP contribution < -0.4 is 5.32 Å². The van der Waals surface area contributed by atoms with Crippen molar-refractivity contribution in [2.24, 2.45) is 5.16 Å². The van der Waals surface area contributed by atoms with Crippen LogP contribution in [0.15, 0.2) is 47.9 Å². The maximum Gasteiger partial charge on any atom is 0.490 e. The second-order valence-electron chi connectivity index (χ2n) is 8.62. The molecular weight excluding hydrogens is 500 g/mol. The van der Waals surface area contributed by atoms with Gasteiger partial charge < -0.3 is 20.2 Å². The molecule has 4 rings (SSSR count). The van der Waals surface area contributed by atoms with E-state index in [2.05, 4.69) is 15.5 Å². The summed E-state index contributed by atoms with van der Waals surface area (Å²) in [6.07, 6.45) is 0.00680. The number of piperidine rings is 1. The first-order valence-electron chi connectivity index (χ1n) is 11.2. The number of likely N-dealkylation sites (tertiary alicyclic amines) is 1. The van der Waals surface area contributed by atoms with Crippen LogP contribution in [-0.4, -0.2) is 63.4 Å². The van der Waals surface area contributed by atoms with E-state index in [1.165, 1.54) is 6.07 Å². The molecule has 0 bridgehead atoms. The average Bonchev–Trinajstić information content (AvgIpc) is 3.27. The zero-order chi connectivity index (χ0) is 27.2. The molecule has 2 N–H and O–H groups in total. The minimum absolute atomic E-state index is 0.243. The minimum atomic E-state index is -5.08. The molecule has 0 saturated carbocycles. The lowest BCUT2D eigenvalue weighted by molar-refractivity contribution is -0.192. The van der Waals surface area contributed by atoms with Gasteiger partial charge in [0.25, 0.3) is 11.8 Å². The standard InChI is InChI=1S/C22H23FN4O3.C2HF3O2/c1-15-3-4-17(11-18(15)23)21(29)27-10-2-7-22(14-27)12-19(26-30-22)20(28)25-13-16-5-8-24-9-6-16;3-2(4,5)1(6)7/h3-6,8-9,11H,2,7,10,12-14H2,1H3,(H,25,28);(H,6,7). The van der Waals surface area contributed by atoms with Gasteiger partial charge in [-0.1, -0.05) is 11.2 Å². The third kappa shape index (κ3) is 7.24. The highest BCUT2D eigenvalue weighted by molar-refractivity contribution is 6.39. The highest BCUT2D eigenvalue weighted by atomic mass is 19.4. The van der Waals surface area contributed by atoms with Crippen molar-refractivity contribution in [2.75, 3.05) is 13.1 Å². The maximum atomic E-state index is 13.9. The lowest BCUT2D eigenvalue weighted by Gasteiger charge is -2.38. The molecule has 13 heteroatoms. The van der Waals surface area contributed by atoms with Gasteiger partial charge in [-0.2, -0.15) is 13.2 Å². The Morgan fingerprint density at radius 1 is 1.19 bits per heavy atom. The molecule has 1 spiro atoms. The van der Waals surface area contributed by atoms with E-state index in [0.717, 1.165) is 12.0 Å². The number of benzene rings is 1. The van der Waals surface area contributed by atoms with Crippen LogP contribution in [0.3, 0.4) is 0 Å². The Morgan fingerprint density at radius 3 is 2.49 bits per heavy atom. The molecule has 1 fully saturated rings. The number of aromatic nitrogens is 1. The number of nitrogens with one attached hydrogen (secondary N) is 1. The Morgan fingerprint density at radius 2 is 1.86 bits per heavy atom. The number of carbonyl (C=O) groups excluding carboxylic acids is 2. The van der Waals surface area contributed by atoms with E-state index in [1.54, 1.807) is 36.4 Å². The Bertz CT molecular complexity index is 1190. The summed E-state index contributed by atoms with van der Waals surface area (Å²) in [4.78, 5) is 45.5. The summed E-state index contributed by atoms with van der Waals surface area (Å²) in [6, 6.07) is 8.15. The van der Waals surface area contributed by atoms with Crippen LogP contribution in [0.1, 0.15) is 40.7 Å². The summed E-state index contributed by atoms with van der Waals surface area (Å²) in [5, 5.41) is 14.0. The molecule has 37 heavy (non-hydrogen) atoms. The van der Waals surface area contributed by atoms with Crippen molar-refractivity contribution in [3.8, 4) is 0 Å². The van der Waals surface area contributed by atoms with Gasteiger partial charge in [0.05, 0.1) is 6.54 Å². The molecule has 1 saturated heterocycles. The van der Waals surface area contributed by atoms with E-state index in [0.29, 0.717) is 49.3 Å². The van der Waals surface area contributed by atoms with E-state index in [-0.39, 0.29) is 11.8 Å². The van der Waals surface area contributed by atoms with Crippen molar-refractivity contribution in [3.63, 3.8) is 0 Å². The lowest BCUT2D eigenvalue weighted by Crippen LogP contribution is -2.51. The Kier molecular flexibility index (Phi) is 8.46. The van der Waals surface area contributed by atoms with Gasteiger partial charge in [-0.15, -0.1) is 0 Å². The van der Waals surface area contributed by atoms with Crippen LogP contribution in [0.4, 0.5) is 17.6 Å². The van der Waals surface area contributed by atoms with E-state index >= 15 is 0 Å². The zero-order valence-electron chi connectivity index (χ0n) is 19.7. The number of carboxylic acids is 1. The van der Waals surface area contributed by atoms with E-state index in [9.17, 15) is 27.2 Å². The van der Waals surface area contributed by atoms with Gasteiger partial charge in [0.2, 0.25) is 0 Å². The van der Waals surface area contributed by atoms with Crippen LogP contribution in [0, 0.1) is 12.7 Å². The maximum absolute atomic E-state index is 13.9. The van der Waals surface area contributed by atoms with Gasteiger partial charge in [-0.05, 0) is 55.2 Å². The number of nitrogens with zero attached hydrogens (tertiary/aromatic N) is 3. The molecule has 2 aliphatic heterocycles. The molecular formula is C24H24F4N4O5. The van der Waals surface area contributed by atoms with Crippen molar-refractivity contribution in [2.45, 2.75) is 44.5 Å². The fraction of sp³-hybridized carbons (Fsp3) is 0.375. The van der Waals surface area contributed by atoms with Crippen LogP contribution >= 0.6 is 0 Å². The second-order valence-corrected chi connectivity index (χ2v) is 8.62. The Hall–Kier alpha value is -4.03. The van der Waals surface area contributed by atoms with Crippen LogP contribution in [0.25, 0.3) is 0 Å². The van der Waals surface area contributed by atoms with Crippen LogP contribution in [0.2, 0.25) is 0 Å². The van der Waals surface area contributed by atoms with E-state index in [4.69, 9.17) is 14.7 Å². The third-order valence-corrected chi connectivity index (χ3v) is 5.79. The molecule has 0 aliphatic carbocycles. The summed E-state index contributed by atoms with van der Waals surface area (Å²) >= 11 is 0. The van der Waals surface area contributed by atoms with Gasteiger partial charge in [0, 0.05) is 37.5 Å². The van der Waals surface area contributed by atoms with Crippen molar-refractivity contribution < 1.29 is 41.9 Å². The molecule has 2 amide bonds. The lowest BCUT2D eigenvalue weighted by atomic mass is 9.87. The molecule has 9 nitrogen and oxygen atoms in total. The number of pyridine rings is 1. The van der Waals surface area contributed by atoms with Crippen LogP contribution in [0.5, 0.6) is 0 Å². The van der Waals surface area contributed by atoms with Crippen molar-refractivity contribution in [1.82, 2.24) is 15.2 Å². The molecule has 0 radical (unpaired) electrons. The summed E-state index contributed by atoms with van der Waals surface area (Å²) in [5.74, 6) is -3.69. The number of hydrogen-bond acceptors (Lipinski definition) is 6. The first-order valence-corrected chi connectivity index (χ1v) is 11.2. The second kappa shape index (κ2) is 11.4. The normalized spacial score (nSPS) is 18.8. The summed E-state index contributed by atoms with van der Waals surface area (Å²) in [6.45, 7) is 2.90. The Labute approximate surface area is 209 Å². The number of rotatable bonds is 4. The number of halogens is 4. The Balaban J connectivity index is 0.000000479. The largest absolute Gasteiger partial charge is 0.490 e. The number of amides is 2. The third-order valence-electron chi connectivity index (χ3n) is 5.79. The molecule has 2 aliphatic rings. The molecule has 1 unspecified atom stereocenters. The van der Waals surface area contributed by atoms with Gasteiger partial charge in [-0.25, -0.2) is 9.18 Å². The monoisotopic (exact) mass is 524 g/mol. The van der Waals surface area contributed by atoms with Gasteiger partial charge in [0.1, 0.15) is 11.5 Å². The minimum Gasteiger partial charge on any atom is -0.475 e. The zero-order valence-corrected chi connectivity index (χ0v) is 19.7. The van der Waals surface area contributed by atoms with Gasteiger partial charge >= 0.3 is 12.1 Å². The number of carboxylic acid groups (broad SMARTS) is 1. The fourth-order valence-corrected chi connectivity index (χ4v) is 3.83. The van der Waals surface area contributed by atoms with E-state index < -0.39 is 23.6 Å². The number of oxime groups is 1. The fourth-order valence-electron chi connectivity index (χ4n) is 3.83. The number of alkyl halides is 3. The predicted molar refractivity (Wildman–Crippen MR) is 122 cm³/mol. The summed E-state index contributed by atoms with van der Waals surface area (Å²) in [7, 11) is 0. The van der Waals surface area contributed by atoms with Crippen molar-refractivity contribution >= 4 is 23.5 Å². The van der Waals surface area contributed by atoms with Gasteiger partial charge in [0.15, 0.2) is 5.60 Å². The molecule has 1 atom stereocenters. The first kappa shape index (κ1) is 27.6. The predicted octanol–water partition coefficient (Wildman–Crippen LogP) is 3.23. The topological polar surface area (TPSA) is 121 Å².